The minimum absolute atomic E-state index is 0. The largest absolute Gasteiger partial charge is 0.355 e. The smallest absolute Gasteiger partial charge is 0.215 e. The maximum Gasteiger partial charge on any atom is 0.215 e. The Labute approximate surface area is 176 Å². The summed E-state index contributed by atoms with van der Waals surface area (Å²) < 4.78 is 39.2. The number of thioether (sulfide) groups is 1. The van der Waals surface area contributed by atoms with Gasteiger partial charge in [-0.1, -0.05) is 12.1 Å². The van der Waals surface area contributed by atoms with E-state index in [1.807, 2.05) is 11.9 Å². The van der Waals surface area contributed by atoms with Crippen molar-refractivity contribution in [1.82, 2.24) is 14.5 Å². The van der Waals surface area contributed by atoms with E-state index in [0.717, 1.165) is 17.1 Å². The first-order valence-corrected chi connectivity index (χ1v) is 10.9. The summed E-state index contributed by atoms with van der Waals surface area (Å²) in [5.74, 6) is 2.09. The van der Waals surface area contributed by atoms with Gasteiger partial charge in [0.25, 0.3) is 0 Å². The van der Waals surface area contributed by atoms with Crippen molar-refractivity contribution in [3.05, 3.63) is 35.6 Å². The van der Waals surface area contributed by atoms with Crippen molar-refractivity contribution >= 4 is 51.7 Å². The summed E-state index contributed by atoms with van der Waals surface area (Å²) in [6.07, 6.45) is 0. The lowest BCUT2D eigenvalue weighted by Crippen LogP contribution is -2.44. The highest BCUT2D eigenvalue weighted by Gasteiger charge is 2.23. The van der Waals surface area contributed by atoms with Gasteiger partial charge >= 0.3 is 0 Å². The molecule has 0 atom stereocenters. The summed E-state index contributed by atoms with van der Waals surface area (Å²) in [5, 5.41) is 3.09. The minimum atomic E-state index is -3.23. The highest BCUT2D eigenvalue weighted by atomic mass is 127. The zero-order valence-electron chi connectivity index (χ0n) is 15.0. The maximum absolute atomic E-state index is 13.0. The number of hydrogen-bond donors (Lipinski definition) is 1. The van der Waals surface area contributed by atoms with Crippen LogP contribution in [0.2, 0.25) is 0 Å². The second kappa shape index (κ2) is 11.3. The standard InChI is InChI=1S/C16H25FN4O2S2.HI/c1-18-16(20(2)13-14-3-5-15(17)6-4-14)19-7-12-25(22,23)21-8-10-24-11-9-21;/h3-6H,7-13H2,1-2H3,(H,18,19);1H. The molecule has 1 aliphatic heterocycles. The molecule has 1 aromatic carbocycles. The van der Waals surface area contributed by atoms with Crippen molar-refractivity contribution < 1.29 is 12.8 Å². The highest BCUT2D eigenvalue weighted by molar-refractivity contribution is 14.0. The van der Waals surface area contributed by atoms with Crippen LogP contribution in [-0.4, -0.2) is 74.6 Å². The fraction of sp³-hybridized carbons (Fsp3) is 0.562. The van der Waals surface area contributed by atoms with Crippen LogP contribution in [0, 0.1) is 5.82 Å². The number of guanidine groups is 1. The van der Waals surface area contributed by atoms with Gasteiger partial charge in [0, 0.05) is 51.8 Å². The Morgan fingerprint density at radius 3 is 2.50 bits per heavy atom. The number of rotatable bonds is 6. The molecule has 0 aliphatic carbocycles. The Balaban J connectivity index is 0.00000338. The molecule has 0 amide bonds. The van der Waals surface area contributed by atoms with Crippen molar-refractivity contribution in [2.24, 2.45) is 4.99 Å². The number of benzene rings is 1. The second-order valence-electron chi connectivity index (χ2n) is 5.78. The quantitative estimate of drug-likeness (QED) is 0.355. The predicted octanol–water partition coefficient (Wildman–Crippen LogP) is 1.83. The molecule has 0 unspecified atom stereocenters. The zero-order valence-corrected chi connectivity index (χ0v) is 19.0. The molecule has 1 aromatic rings. The lowest BCUT2D eigenvalue weighted by Gasteiger charge is -2.26. The first kappa shape index (κ1) is 23.4. The number of aliphatic imine (C=N–C) groups is 1. The SMILES string of the molecule is CN=C(NCCS(=O)(=O)N1CCSCC1)N(C)Cc1ccc(F)cc1.I. The van der Waals surface area contributed by atoms with Crippen LogP contribution in [0.25, 0.3) is 0 Å². The van der Waals surface area contributed by atoms with Crippen LogP contribution < -0.4 is 5.32 Å². The van der Waals surface area contributed by atoms with E-state index in [9.17, 15) is 12.8 Å². The molecular formula is C16H26FIN4O2S2. The lowest BCUT2D eigenvalue weighted by atomic mass is 10.2. The van der Waals surface area contributed by atoms with Crippen LogP contribution in [0.5, 0.6) is 0 Å². The molecule has 2 rings (SSSR count). The van der Waals surface area contributed by atoms with Crippen molar-refractivity contribution in [3.63, 3.8) is 0 Å². The predicted molar refractivity (Wildman–Crippen MR) is 117 cm³/mol. The number of nitrogens with one attached hydrogen (secondary N) is 1. The zero-order chi connectivity index (χ0) is 18.3. The molecule has 0 radical (unpaired) electrons. The van der Waals surface area contributed by atoms with Crippen molar-refractivity contribution in [2.75, 3.05) is 51.0 Å². The van der Waals surface area contributed by atoms with E-state index in [0.29, 0.717) is 32.1 Å². The van der Waals surface area contributed by atoms with Gasteiger partial charge in [-0.15, -0.1) is 24.0 Å². The number of halogens is 2. The molecule has 1 heterocycles. The Morgan fingerprint density at radius 1 is 1.31 bits per heavy atom. The fourth-order valence-electron chi connectivity index (χ4n) is 2.57. The lowest BCUT2D eigenvalue weighted by molar-refractivity contribution is 0.442. The maximum atomic E-state index is 13.0. The molecule has 10 heteroatoms. The van der Waals surface area contributed by atoms with Gasteiger partial charge in [-0.25, -0.2) is 17.1 Å². The molecule has 1 aliphatic rings. The summed E-state index contributed by atoms with van der Waals surface area (Å²) in [4.78, 5) is 6.05. The van der Waals surface area contributed by atoms with Crippen LogP contribution in [-0.2, 0) is 16.6 Å². The summed E-state index contributed by atoms with van der Waals surface area (Å²) in [6.45, 7) is 2.03. The van der Waals surface area contributed by atoms with Crippen LogP contribution in [0.1, 0.15) is 5.56 Å². The third-order valence-electron chi connectivity index (χ3n) is 3.91. The van der Waals surface area contributed by atoms with Crippen molar-refractivity contribution in [1.29, 1.82) is 0 Å². The van der Waals surface area contributed by atoms with Gasteiger partial charge in [0.05, 0.1) is 5.75 Å². The number of hydrogen-bond acceptors (Lipinski definition) is 4. The Morgan fingerprint density at radius 2 is 1.92 bits per heavy atom. The van der Waals surface area contributed by atoms with Gasteiger partial charge in [-0.05, 0) is 17.7 Å². The fourth-order valence-corrected chi connectivity index (χ4v) is 5.06. The van der Waals surface area contributed by atoms with Gasteiger partial charge in [0.1, 0.15) is 5.82 Å². The van der Waals surface area contributed by atoms with E-state index in [2.05, 4.69) is 10.3 Å². The van der Waals surface area contributed by atoms with Gasteiger partial charge in [0.15, 0.2) is 5.96 Å². The van der Waals surface area contributed by atoms with E-state index < -0.39 is 10.0 Å². The Hall–Kier alpha value is -0.590. The average Bonchev–Trinajstić information content (AvgIpc) is 2.61. The second-order valence-corrected chi connectivity index (χ2v) is 9.10. The van der Waals surface area contributed by atoms with E-state index in [1.54, 1.807) is 35.2 Å². The van der Waals surface area contributed by atoms with Gasteiger partial charge in [-0.2, -0.15) is 11.8 Å². The summed E-state index contributed by atoms with van der Waals surface area (Å²) in [7, 11) is 0.275. The molecule has 1 N–H and O–H groups in total. The van der Waals surface area contributed by atoms with Crippen LogP contribution in [0.4, 0.5) is 4.39 Å². The summed E-state index contributed by atoms with van der Waals surface area (Å²) >= 11 is 1.78. The van der Waals surface area contributed by atoms with Gasteiger partial charge in [0.2, 0.25) is 10.0 Å². The summed E-state index contributed by atoms with van der Waals surface area (Å²) in [5.41, 5.74) is 0.949. The Bertz CT molecular complexity index is 680. The third kappa shape index (κ3) is 7.20. The van der Waals surface area contributed by atoms with E-state index >= 15 is 0 Å². The van der Waals surface area contributed by atoms with Gasteiger partial charge in [-0.3, -0.25) is 4.99 Å². The molecule has 1 saturated heterocycles. The van der Waals surface area contributed by atoms with Crippen LogP contribution >= 0.6 is 35.7 Å². The normalized spacial score (nSPS) is 16.0. The van der Waals surface area contributed by atoms with E-state index in [4.69, 9.17) is 0 Å². The Kier molecular flexibility index (Phi) is 10.2. The molecule has 0 aromatic heterocycles. The molecule has 0 bridgehead atoms. The topological polar surface area (TPSA) is 65.0 Å². The van der Waals surface area contributed by atoms with Crippen molar-refractivity contribution in [3.8, 4) is 0 Å². The minimum Gasteiger partial charge on any atom is -0.355 e. The summed E-state index contributed by atoms with van der Waals surface area (Å²) in [6, 6.07) is 6.28. The molecule has 0 spiro atoms. The number of sulfonamides is 1. The van der Waals surface area contributed by atoms with E-state index in [1.165, 1.54) is 12.1 Å². The molecule has 0 saturated carbocycles. The van der Waals surface area contributed by atoms with Gasteiger partial charge < -0.3 is 10.2 Å². The highest BCUT2D eigenvalue weighted by Crippen LogP contribution is 2.13. The van der Waals surface area contributed by atoms with Crippen molar-refractivity contribution in [2.45, 2.75) is 6.54 Å². The monoisotopic (exact) mass is 516 g/mol. The molecule has 148 valence electrons. The van der Waals surface area contributed by atoms with E-state index in [-0.39, 0.29) is 35.5 Å². The first-order chi connectivity index (χ1) is 11.9. The molecule has 6 nitrogen and oxygen atoms in total. The molecule has 1 fully saturated rings. The number of nitrogens with zero attached hydrogens (tertiary/aromatic N) is 3. The first-order valence-electron chi connectivity index (χ1n) is 8.14. The van der Waals surface area contributed by atoms with Crippen LogP contribution in [0.15, 0.2) is 29.3 Å². The third-order valence-corrected chi connectivity index (χ3v) is 6.73. The average molecular weight is 516 g/mol. The van der Waals surface area contributed by atoms with Crippen LogP contribution in [0.3, 0.4) is 0 Å². The molecular weight excluding hydrogens is 490 g/mol. The molecule has 26 heavy (non-hydrogen) atoms.